The summed E-state index contributed by atoms with van der Waals surface area (Å²) < 4.78 is 6.52. The summed E-state index contributed by atoms with van der Waals surface area (Å²) in [6, 6.07) is 18.9. The fourth-order valence-corrected chi connectivity index (χ4v) is 4.76. The number of likely N-dealkylation sites (N-methyl/N-ethyl adjacent to an activating group) is 1. The summed E-state index contributed by atoms with van der Waals surface area (Å²) >= 11 is 22.4. The van der Waals surface area contributed by atoms with Crippen LogP contribution in [0.25, 0.3) is 0 Å². The molecule has 0 aliphatic heterocycles. The van der Waals surface area contributed by atoms with Crippen LogP contribution < -0.4 is 10.1 Å². The van der Waals surface area contributed by atoms with E-state index in [9.17, 15) is 9.59 Å². The molecule has 0 heterocycles. The maximum absolute atomic E-state index is 13.5. The Morgan fingerprint density at radius 3 is 2.29 bits per heavy atom. The molecule has 3 aromatic rings. The van der Waals surface area contributed by atoms with E-state index in [1.54, 1.807) is 36.4 Å². The van der Waals surface area contributed by atoms with Gasteiger partial charge in [-0.05, 0) is 42.8 Å². The van der Waals surface area contributed by atoms with E-state index in [0.717, 1.165) is 10.0 Å². The molecule has 0 aromatic heterocycles. The lowest BCUT2D eigenvalue weighted by Gasteiger charge is -2.32. The first-order chi connectivity index (χ1) is 16.8. The average molecular weight is 599 g/mol. The molecule has 0 bridgehead atoms. The second-order valence-corrected chi connectivity index (χ2v) is 9.82. The van der Waals surface area contributed by atoms with E-state index in [0.29, 0.717) is 39.3 Å². The fourth-order valence-electron chi connectivity index (χ4n) is 3.51. The van der Waals surface area contributed by atoms with E-state index < -0.39 is 11.9 Å². The molecule has 184 valence electrons. The molecule has 0 saturated heterocycles. The minimum Gasteiger partial charge on any atom is -0.482 e. The Hall–Kier alpha value is -2.25. The highest BCUT2D eigenvalue weighted by Gasteiger charge is 2.31. The number of ether oxygens (including phenoxy) is 1. The van der Waals surface area contributed by atoms with Gasteiger partial charge in [0.2, 0.25) is 5.91 Å². The third kappa shape index (κ3) is 7.61. The predicted octanol–water partition coefficient (Wildman–Crippen LogP) is 6.56. The van der Waals surface area contributed by atoms with Crippen LogP contribution in [0.1, 0.15) is 18.1 Å². The third-order valence-electron chi connectivity index (χ3n) is 5.26. The number of hydrogen-bond acceptors (Lipinski definition) is 3. The molecule has 3 rings (SSSR count). The van der Waals surface area contributed by atoms with Crippen molar-refractivity contribution in [2.45, 2.75) is 25.9 Å². The van der Waals surface area contributed by atoms with Crippen molar-refractivity contribution in [3.05, 3.63) is 97.4 Å². The number of benzene rings is 3. The second-order valence-electron chi connectivity index (χ2n) is 7.69. The van der Waals surface area contributed by atoms with Gasteiger partial charge in [0.15, 0.2) is 6.61 Å². The molecule has 5 nitrogen and oxygen atoms in total. The van der Waals surface area contributed by atoms with Crippen LogP contribution in [0.5, 0.6) is 5.75 Å². The van der Waals surface area contributed by atoms with Gasteiger partial charge in [-0.1, -0.05) is 87.1 Å². The van der Waals surface area contributed by atoms with E-state index in [4.69, 9.17) is 39.5 Å². The molecule has 9 heteroatoms. The van der Waals surface area contributed by atoms with Crippen LogP contribution >= 0.6 is 50.7 Å². The Balaban J connectivity index is 1.95. The van der Waals surface area contributed by atoms with Gasteiger partial charge in [-0.2, -0.15) is 0 Å². The average Bonchev–Trinajstić information content (AvgIpc) is 2.83. The summed E-state index contributed by atoms with van der Waals surface area (Å²) in [6.07, 6.45) is 0.305. The topological polar surface area (TPSA) is 58.6 Å². The predicted molar refractivity (Wildman–Crippen MR) is 144 cm³/mol. The van der Waals surface area contributed by atoms with Gasteiger partial charge in [0.1, 0.15) is 11.8 Å². The van der Waals surface area contributed by atoms with Crippen molar-refractivity contribution in [2.24, 2.45) is 0 Å². The summed E-state index contributed by atoms with van der Waals surface area (Å²) in [5, 5.41) is 4.01. The first-order valence-corrected chi connectivity index (χ1v) is 12.8. The van der Waals surface area contributed by atoms with Gasteiger partial charge in [0, 0.05) is 39.6 Å². The minimum atomic E-state index is -0.818. The molecule has 3 aromatic carbocycles. The van der Waals surface area contributed by atoms with Gasteiger partial charge in [0.05, 0.1) is 5.02 Å². The number of rotatable bonds is 10. The van der Waals surface area contributed by atoms with E-state index in [2.05, 4.69) is 21.2 Å². The van der Waals surface area contributed by atoms with Crippen LogP contribution in [0.4, 0.5) is 0 Å². The number of amides is 2. The van der Waals surface area contributed by atoms with Gasteiger partial charge >= 0.3 is 0 Å². The van der Waals surface area contributed by atoms with Crippen molar-refractivity contribution in [1.29, 1.82) is 0 Å². The minimum absolute atomic E-state index is 0.0312. The standard InChI is InChI=1S/C26H24BrCl3N2O3/c1-2-31-26(34)23(13-17-7-4-3-5-8-17)32(15-19-20(28)9-6-10-21(19)29)25(33)16-35-24-12-11-18(27)14-22(24)30/h3-12,14,23H,2,13,15-16H2,1H3,(H,31,34)/t23-/m0/s1. The lowest BCUT2D eigenvalue weighted by molar-refractivity contribution is -0.142. The maximum atomic E-state index is 13.5. The van der Waals surface area contributed by atoms with Gasteiger partial charge in [-0.25, -0.2) is 0 Å². The summed E-state index contributed by atoms with van der Waals surface area (Å²) in [5.41, 5.74) is 1.46. The van der Waals surface area contributed by atoms with Crippen LogP contribution in [0.3, 0.4) is 0 Å². The van der Waals surface area contributed by atoms with Gasteiger partial charge < -0.3 is 15.0 Å². The van der Waals surface area contributed by atoms with Crippen molar-refractivity contribution in [3.8, 4) is 5.75 Å². The molecule has 0 unspecified atom stereocenters. The van der Waals surface area contributed by atoms with Crippen molar-refractivity contribution in [2.75, 3.05) is 13.2 Å². The van der Waals surface area contributed by atoms with E-state index in [1.165, 1.54) is 4.90 Å². The van der Waals surface area contributed by atoms with Crippen LogP contribution in [0.2, 0.25) is 15.1 Å². The second kappa shape index (κ2) is 13.2. The maximum Gasteiger partial charge on any atom is 0.261 e. The number of carbonyl (C=O) groups is 2. The van der Waals surface area contributed by atoms with Crippen molar-refractivity contribution >= 4 is 62.5 Å². The normalized spacial score (nSPS) is 11.6. The van der Waals surface area contributed by atoms with E-state index in [-0.39, 0.29) is 19.1 Å². The lowest BCUT2D eigenvalue weighted by atomic mass is 10.0. The Morgan fingerprint density at radius 1 is 0.971 bits per heavy atom. The van der Waals surface area contributed by atoms with Crippen molar-refractivity contribution in [1.82, 2.24) is 10.2 Å². The number of nitrogens with one attached hydrogen (secondary N) is 1. The van der Waals surface area contributed by atoms with Gasteiger partial charge in [0.25, 0.3) is 5.91 Å². The van der Waals surface area contributed by atoms with Gasteiger partial charge in [-0.15, -0.1) is 0 Å². The summed E-state index contributed by atoms with van der Waals surface area (Å²) in [5.74, 6) is -0.335. The highest BCUT2D eigenvalue weighted by Crippen LogP contribution is 2.29. The number of halogens is 4. The smallest absolute Gasteiger partial charge is 0.261 e. The zero-order valence-corrected chi connectivity index (χ0v) is 22.8. The van der Waals surface area contributed by atoms with Gasteiger partial charge in [-0.3, -0.25) is 9.59 Å². The summed E-state index contributed by atoms with van der Waals surface area (Å²) in [6.45, 7) is 1.95. The molecular weight excluding hydrogens is 575 g/mol. The Labute approximate surface area is 228 Å². The van der Waals surface area contributed by atoms with E-state index in [1.807, 2.05) is 37.3 Å². The Morgan fingerprint density at radius 2 is 1.66 bits per heavy atom. The quantitative estimate of drug-likeness (QED) is 0.288. The third-order valence-corrected chi connectivity index (χ3v) is 6.75. The first kappa shape index (κ1) is 27.3. The molecular formula is C26H24BrCl3N2O3. The van der Waals surface area contributed by atoms with E-state index >= 15 is 0 Å². The zero-order chi connectivity index (χ0) is 25.4. The molecule has 1 atom stereocenters. The SMILES string of the molecule is CCNC(=O)[C@H](Cc1ccccc1)N(Cc1c(Cl)cccc1Cl)C(=O)COc1ccc(Br)cc1Cl. The molecule has 2 amide bonds. The highest BCUT2D eigenvalue weighted by atomic mass is 79.9. The van der Waals surface area contributed by atoms with Crippen molar-refractivity contribution < 1.29 is 14.3 Å². The molecule has 0 saturated carbocycles. The monoisotopic (exact) mass is 596 g/mol. The zero-order valence-electron chi connectivity index (χ0n) is 18.9. The highest BCUT2D eigenvalue weighted by molar-refractivity contribution is 9.10. The summed E-state index contributed by atoms with van der Waals surface area (Å²) in [7, 11) is 0. The summed E-state index contributed by atoms with van der Waals surface area (Å²) in [4.78, 5) is 28.2. The Kier molecular flexibility index (Phi) is 10.3. The lowest BCUT2D eigenvalue weighted by Crippen LogP contribution is -2.51. The van der Waals surface area contributed by atoms with Crippen LogP contribution in [-0.2, 0) is 22.6 Å². The fraction of sp³-hybridized carbons (Fsp3) is 0.231. The van der Waals surface area contributed by atoms with Crippen molar-refractivity contribution in [3.63, 3.8) is 0 Å². The van der Waals surface area contributed by atoms with Crippen LogP contribution in [-0.4, -0.2) is 35.9 Å². The molecule has 35 heavy (non-hydrogen) atoms. The van der Waals surface area contributed by atoms with Crippen LogP contribution in [0.15, 0.2) is 71.2 Å². The number of nitrogens with zero attached hydrogens (tertiary/aromatic N) is 1. The molecule has 1 N–H and O–H groups in total. The molecule has 0 radical (unpaired) electrons. The first-order valence-electron chi connectivity index (χ1n) is 10.9. The Bertz CT molecular complexity index is 1160. The largest absolute Gasteiger partial charge is 0.482 e. The number of hydrogen-bond donors (Lipinski definition) is 1. The molecule has 0 fully saturated rings. The molecule has 0 spiro atoms. The van der Waals surface area contributed by atoms with Crippen LogP contribution in [0, 0.1) is 0 Å². The molecule has 0 aliphatic carbocycles. The number of carbonyl (C=O) groups excluding carboxylic acids is 2. The molecule has 0 aliphatic rings.